The first-order valence-electron chi connectivity index (χ1n) is 6.13. The predicted octanol–water partition coefficient (Wildman–Crippen LogP) is 3.93. The molecular weight excluding hydrogens is 170 g/mol. The quantitative estimate of drug-likeness (QED) is 0.569. The van der Waals surface area contributed by atoms with Crippen LogP contribution >= 0.6 is 0 Å². The van der Waals surface area contributed by atoms with Gasteiger partial charge in [-0.15, -0.1) is 0 Å². The molecule has 3 atom stereocenters. The van der Waals surface area contributed by atoms with Crippen molar-refractivity contribution in [2.45, 2.75) is 52.9 Å². The van der Waals surface area contributed by atoms with Crippen LogP contribution in [0.15, 0.2) is 4.99 Å². The molecule has 0 saturated heterocycles. The minimum atomic E-state index is 0.678. The first kappa shape index (κ1) is 11.7. The van der Waals surface area contributed by atoms with Gasteiger partial charge in [0.05, 0.1) is 0 Å². The van der Waals surface area contributed by atoms with Crippen LogP contribution < -0.4 is 0 Å². The van der Waals surface area contributed by atoms with Crippen LogP contribution in [0.25, 0.3) is 0 Å². The van der Waals surface area contributed by atoms with E-state index in [-0.39, 0.29) is 0 Å². The minimum Gasteiger partial charge on any atom is -0.301 e. The van der Waals surface area contributed by atoms with Gasteiger partial charge in [-0.2, -0.15) is 0 Å². The Morgan fingerprint density at radius 3 is 2.57 bits per heavy atom. The van der Waals surface area contributed by atoms with Crippen molar-refractivity contribution in [2.24, 2.45) is 22.2 Å². The fourth-order valence-electron chi connectivity index (χ4n) is 3.14. The highest BCUT2D eigenvalue weighted by atomic mass is 14.7. The molecule has 0 spiro atoms. The van der Waals surface area contributed by atoms with E-state index in [0.29, 0.717) is 5.41 Å². The van der Waals surface area contributed by atoms with Gasteiger partial charge >= 0.3 is 0 Å². The maximum Gasteiger partial charge on any atom is 0.0273 e. The van der Waals surface area contributed by atoms with Crippen LogP contribution in [0.3, 0.4) is 0 Å². The molecule has 0 aliphatic heterocycles. The zero-order valence-corrected chi connectivity index (χ0v) is 10.2. The Morgan fingerprint density at radius 2 is 2.07 bits per heavy atom. The average Bonchev–Trinajstić information content (AvgIpc) is 2.77. The molecule has 1 rings (SSSR count). The van der Waals surface area contributed by atoms with E-state index in [2.05, 4.69) is 32.0 Å². The molecule has 1 saturated carbocycles. The van der Waals surface area contributed by atoms with Crippen molar-refractivity contribution in [3.8, 4) is 0 Å². The highest BCUT2D eigenvalue weighted by Crippen LogP contribution is 2.64. The van der Waals surface area contributed by atoms with Crippen molar-refractivity contribution in [1.29, 1.82) is 0 Å². The highest BCUT2D eigenvalue weighted by Gasteiger charge is 2.58. The number of rotatable bonds is 6. The zero-order chi connectivity index (χ0) is 10.6. The molecular formula is C13H25N. The summed E-state index contributed by atoms with van der Waals surface area (Å²) in [5.41, 5.74) is 0.678. The Bertz CT molecular complexity index is 197. The van der Waals surface area contributed by atoms with Gasteiger partial charge < -0.3 is 4.99 Å². The summed E-state index contributed by atoms with van der Waals surface area (Å²) in [6, 6.07) is 0. The van der Waals surface area contributed by atoms with E-state index in [1.807, 2.05) is 7.05 Å². The van der Waals surface area contributed by atoms with Crippen LogP contribution in [0.4, 0.5) is 0 Å². The van der Waals surface area contributed by atoms with Crippen LogP contribution in [0.2, 0.25) is 0 Å². The lowest BCUT2D eigenvalue weighted by Crippen LogP contribution is -2.04. The van der Waals surface area contributed by atoms with Crippen molar-refractivity contribution in [3.05, 3.63) is 0 Å². The van der Waals surface area contributed by atoms with Crippen molar-refractivity contribution >= 4 is 6.21 Å². The van der Waals surface area contributed by atoms with Gasteiger partial charge in [-0.3, -0.25) is 0 Å². The SMILES string of the molecule is CCCC[C@@]1(CC)[C@@H](C)[C@@H]1CC=NC. The molecule has 0 aromatic rings. The highest BCUT2D eigenvalue weighted by molar-refractivity contribution is 5.58. The van der Waals surface area contributed by atoms with Gasteiger partial charge in [0.25, 0.3) is 0 Å². The Balaban J connectivity index is 2.47. The lowest BCUT2D eigenvalue weighted by atomic mass is 9.91. The van der Waals surface area contributed by atoms with Crippen molar-refractivity contribution in [3.63, 3.8) is 0 Å². The topological polar surface area (TPSA) is 12.4 Å². The first-order chi connectivity index (χ1) is 6.72. The molecule has 1 heteroatoms. The minimum absolute atomic E-state index is 0.678. The Kier molecular flexibility index (Phi) is 4.15. The van der Waals surface area contributed by atoms with Gasteiger partial charge in [0.15, 0.2) is 0 Å². The summed E-state index contributed by atoms with van der Waals surface area (Å²) >= 11 is 0. The average molecular weight is 195 g/mol. The summed E-state index contributed by atoms with van der Waals surface area (Å²) in [5.74, 6) is 1.85. The number of unbranched alkanes of at least 4 members (excludes halogenated alkanes) is 1. The molecule has 0 aromatic heterocycles. The van der Waals surface area contributed by atoms with Crippen molar-refractivity contribution < 1.29 is 0 Å². The van der Waals surface area contributed by atoms with Crippen LogP contribution in [0.5, 0.6) is 0 Å². The van der Waals surface area contributed by atoms with Gasteiger partial charge in [-0.05, 0) is 42.7 Å². The van der Waals surface area contributed by atoms with Gasteiger partial charge in [-0.25, -0.2) is 0 Å². The molecule has 0 aromatic carbocycles. The second-order valence-electron chi connectivity index (χ2n) is 4.76. The number of aliphatic imine (C=N–C) groups is 1. The normalized spacial score (nSPS) is 36.6. The third-order valence-electron chi connectivity index (χ3n) is 4.34. The molecule has 0 bridgehead atoms. The lowest BCUT2D eigenvalue weighted by molar-refractivity contribution is 0.374. The summed E-state index contributed by atoms with van der Waals surface area (Å²) in [6.45, 7) is 7.07. The van der Waals surface area contributed by atoms with E-state index >= 15 is 0 Å². The molecule has 0 heterocycles. The summed E-state index contributed by atoms with van der Waals surface area (Å²) in [4.78, 5) is 4.11. The van der Waals surface area contributed by atoms with E-state index in [9.17, 15) is 0 Å². The van der Waals surface area contributed by atoms with Gasteiger partial charge in [0, 0.05) is 7.05 Å². The standard InChI is InChI=1S/C13H25N/c1-5-7-9-13(6-2)11(3)12(13)8-10-14-4/h10-12H,5-9H2,1-4H3/t11-,12-,13-/m0/s1. The summed E-state index contributed by atoms with van der Waals surface area (Å²) in [6.07, 6.45) is 8.83. The molecule has 1 aliphatic rings. The zero-order valence-electron chi connectivity index (χ0n) is 10.2. The van der Waals surface area contributed by atoms with E-state index in [1.165, 1.54) is 32.1 Å². The monoisotopic (exact) mass is 195 g/mol. The van der Waals surface area contributed by atoms with Gasteiger partial charge in [0.1, 0.15) is 0 Å². The molecule has 0 unspecified atom stereocenters. The predicted molar refractivity (Wildman–Crippen MR) is 63.9 cm³/mol. The van der Waals surface area contributed by atoms with Crippen LogP contribution in [-0.4, -0.2) is 13.3 Å². The van der Waals surface area contributed by atoms with E-state index in [1.54, 1.807) is 0 Å². The van der Waals surface area contributed by atoms with Crippen LogP contribution in [-0.2, 0) is 0 Å². The van der Waals surface area contributed by atoms with E-state index < -0.39 is 0 Å². The molecule has 14 heavy (non-hydrogen) atoms. The van der Waals surface area contributed by atoms with E-state index in [0.717, 1.165) is 11.8 Å². The van der Waals surface area contributed by atoms with Gasteiger partial charge in [-0.1, -0.05) is 33.6 Å². The lowest BCUT2D eigenvalue weighted by Gasteiger charge is -2.14. The largest absolute Gasteiger partial charge is 0.301 e. The number of nitrogens with zero attached hydrogens (tertiary/aromatic N) is 1. The number of hydrogen-bond acceptors (Lipinski definition) is 1. The van der Waals surface area contributed by atoms with Crippen molar-refractivity contribution in [2.75, 3.05) is 7.05 Å². The summed E-state index contributed by atoms with van der Waals surface area (Å²) in [7, 11) is 1.88. The Morgan fingerprint density at radius 1 is 1.36 bits per heavy atom. The van der Waals surface area contributed by atoms with Crippen molar-refractivity contribution in [1.82, 2.24) is 0 Å². The Hall–Kier alpha value is -0.330. The summed E-state index contributed by atoms with van der Waals surface area (Å²) in [5, 5.41) is 0. The van der Waals surface area contributed by atoms with Gasteiger partial charge in [0.2, 0.25) is 0 Å². The molecule has 1 aliphatic carbocycles. The fraction of sp³-hybridized carbons (Fsp3) is 0.923. The maximum atomic E-state index is 4.11. The van der Waals surface area contributed by atoms with E-state index in [4.69, 9.17) is 0 Å². The molecule has 0 N–H and O–H groups in total. The fourth-order valence-corrected chi connectivity index (χ4v) is 3.14. The van der Waals surface area contributed by atoms with Crippen LogP contribution in [0.1, 0.15) is 52.9 Å². The smallest absolute Gasteiger partial charge is 0.0273 e. The first-order valence-corrected chi connectivity index (χ1v) is 6.13. The Labute approximate surface area is 89.0 Å². The second kappa shape index (κ2) is 4.95. The summed E-state index contributed by atoms with van der Waals surface area (Å²) < 4.78 is 0. The third kappa shape index (κ3) is 2.02. The third-order valence-corrected chi connectivity index (χ3v) is 4.34. The molecule has 0 radical (unpaired) electrons. The molecule has 82 valence electrons. The van der Waals surface area contributed by atoms with Crippen LogP contribution in [0, 0.1) is 17.3 Å². The molecule has 1 fully saturated rings. The number of hydrogen-bond donors (Lipinski definition) is 0. The molecule has 1 nitrogen and oxygen atoms in total. The second-order valence-corrected chi connectivity index (χ2v) is 4.76. The molecule has 0 amide bonds. The maximum absolute atomic E-state index is 4.11.